The van der Waals surface area contributed by atoms with E-state index < -0.39 is 29.7 Å². The molecule has 0 amide bonds. The number of anilines is 1. The Morgan fingerprint density at radius 3 is 2.64 bits per heavy atom. The average Bonchev–Trinajstić information content (AvgIpc) is 2.66. The Morgan fingerprint density at radius 2 is 2.00 bits per heavy atom. The minimum atomic E-state index is -1.15. The average molecular weight is 390 g/mol. The lowest BCUT2D eigenvalue weighted by Crippen LogP contribution is -2.24. The molecular formula is C20H23FN2O5. The van der Waals surface area contributed by atoms with E-state index in [1.54, 1.807) is 6.92 Å². The Morgan fingerprint density at radius 1 is 1.29 bits per heavy atom. The molecule has 2 N–H and O–H groups in total. The highest BCUT2D eigenvalue weighted by Gasteiger charge is 2.21. The Hall–Kier alpha value is -2.90. The number of hydrogen-bond donors (Lipinski definition) is 2. The predicted octanol–water partition coefficient (Wildman–Crippen LogP) is 3.15. The van der Waals surface area contributed by atoms with Crippen molar-refractivity contribution in [2.45, 2.75) is 51.6 Å². The van der Waals surface area contributed by atoms with E-state index in [-0.39, 0.29) is 34.8 Å². The number of carbonyl (C=O) groups is 2. The van der Waals surface area contributed by atoms with Gasteiger partial charge in [0.25, 0.3) is 0 Å². The van der Waals surface area contributed by atoms with E-state index in [1.165, 1.54) is 16.8 Å². The number of aliphatic carboxylic acids is 1. The number of benzene rings is 1. The first-order valence-electron chi connectivity index (χ1n) is 9.43. The van der Waals surface area contributed by atoms with E-state index in [0.29, 0.717) is 0 Å². The number of hydrogen-bond acceptors (Lipinski definition) is 5. The van der Waals surface area contributed by atoms with Crippen LogP contribution in [0.15, 0.2) is 23.1 Å². The number of pyridine rings is 1. The minimum Gasteiger partial charge on any atom is -0.480 e. The van der Waals surface area contributed by atoms with Gasteiger partial charge in [-0.1, -0.05) is 19.3 Å². The molecule has 0 unspecified atom stereocenters. The van der Waals surface area contributed by atoms with Crippen molar-refractivity contribution < 1.29 is 23.8 Å². The van der Waals surface area contributed by atoms with Crippen LogP contribution in [0.25, 0.3) is 10.9 Å². The third-order valence-electron chi connectivity index (χ3n) is 4.93. The third kappa shape index (κ3) is 4.16. The second-order valence-electron chi connectivity index (χ2n) is 6.94. The van der Waals surface area contributed by atoms with Crippen molar-refractivity contribution >= 4 is 28.5 Å². The van der Waals surface area contributed by atoms with Crippen LogP contribution in [0.5, 0.6) is 0 Å². The number of nitrogens with zero attached hydrogens (tertiary/aromatic N) is 1. The Bertz CT molecular complexity index is 963. The molecular weight excluding hydrogens is 367 g/mol. The van der Waals surface area contributed by atoms with Crippen LogP contribution in [-0.4, -0.2) is 34.3 Å². The van der Waals surface area contributed by atoms with Crippen molar-refractivity contribution in [1.82, 2.24) is 4.57 Å². The molecule has 1 heterocycles. The number of carboxylic acids is 1. The zero-order chi connectivity index (χ0) is 20.3. The van der Waals surface area contributed by atoms with Crippen LogP contribution < -0.4 is 10.7 Å². The summed E-state index contributed by atoms with van der Waals surface area (Å²) in [7, 11) is 0. The second kappa shape index (κ2) is 8.41. The number of halogens is 1. The van der Waals surface area contributed by atoms with E-state index in [4.69, 9.17) is 4.74 Å². The highest BCUT2D eigenvalue weighted by Crippen LogP contribution is 2.26. The molecule has 0 spiro atoms. The lowest BCUT2D eigenvalue weighted by atomic mass is 9.95. The number of carbonyl (C=O) groups excluding carboxylic acids is 1. The van der Waals surface area contributed by atoms with Gasteiger partial charge in [-0.05, 0) is 31.9 Å². The van der Waals surface area contributed by atoms with Gasteiger partial charge >= 0.3 is 11.9 Å². The summed E-state index contributed by atoms with van der Waals surface area (Å²) in [6.07, 6.45) is 6.33. The molecule has 0 atom stereocenters. The number of carboxylic acid groups (broad SMARTS) is 1. The molecule has 1 fully saturated rings. The van der Waals surface area contributed by atoms with Crippen LogP contribution in [0.4, 0.5) is 10.1 Å². The quantitative estimate of drug-likeness (QED) is 0.736. The number of esters is 1. The second-order valence-corrected chi connectivity index (χ2v) is 6.94. The molecule has 0 bridgehead atoms. The number of nitrogens with one attached hydrogen (secondary N) is 1. The zero-order valence-electron chi connectivity index (χ0n) is 15.7. The first kappa shape index (κ1) is 19.9. The van der Waals surface area contributed by atoms with Gasteiger partial charge in [-0.25, -0.2) is 9.18 Å². The van der Waals surface area contributed by atoms with Crippen molar-refractivity contribution in [3.63, 3.8) is 0 Å². The lowest BCUT2D eigenvalue weighted by Gasteiger charge is -2.24. The summed E-state index contributed by atoms with van der Waals surface area (Å²) in [5.74, 6) is -2.62. The summed E-state index contributed by atoms with van der Waals surface area (Å²) in [4.78, 5) is 36.0. The molecule has 7 nitrogen and oxygen atoms in total. The zero-order valence-corrected chi connectivity index (χ0v) is 15.7. The molecule has 0 aliphatic heterocycles. The van der Waals surface area contributed by atoms with Crippen molar-refractivity contribution in [3.8, 4) is 0 Å². The first-order valence-corrected chi connectivity index (χ1v) is 9.43. The monoisotopic (exact) mass is 390 g/mol. The van der Waals surface area contributed by atoms with Crippen LogP contribution in [-0.2, 0) is 16.1 Å². The molecule has 8 heteroatoms. The topological polar surface area (TPSA) is 97.6 Å². The number of ether oxygens (including phenoxy) is 1. The molecule has 150 valence electrons. The van der Waals surface area contributed by atoms with Gasteiger partial charge in [-0.2, -0.15) is 0 Å². The maximum Gasteiger partial charge on any atom is 0.343 e. The van der Waals surface area contributed by atoms with Gasteiger partial charge in [-0.3, -0.25) is 9.59 Å². The summed E-state index contributed by atoms with van der Waals surface area (Å²) < 4.78 is 20.8. The largest absolute Gasteiger partial charge is 0.480 e. The fourth-order valence-electron chi connectivity index (χ4n) is 3.62. The van der Waals surface area contributed by atoms with E-state index in [2.05, 4.69) is 5.32 Å². The maximum absolute atomic E-state index is 14.7. The van der Waals surface area contributed by atoms with E-state index in [1.807, 2.05) is 0 Å². The lowest BCUT2D eigenvalue weighted by molar-refractivity contribution is -0.137. The Balaban J connectivity index is 2.12. The molecule has 0 saturated heterocycles. The summed E-state index contributed by atoms with van der Waals surface area (Å²) in [5.41, 5.74) is -0.525. The van der Waals surface area contributed by atoms with E-state index in [9.17, 15) is 23.9 Å². The molecule has 3 rings (SSSR count). The predicted molar refractivity (Wildman–Crippen MR) is 102 cm³/mol. The molecule has 1 aliphatic rings. The van der Waals surface area contributed by atoms with Crippen LogP contribution >= 0.6 is 0 Å². The van der Waals surface area contributed by atoms with Crippen LogP contribution in [0.1, 0.15) is 49.4 Å². The van der Waals surface area contributed by atoms with Gasteiger partial charge in [0.1, 0.15) is 17.9 Å². The highest BCUT2D eigenvalue weighted by molar-refractivity contribution is 5.95. The molecule has 1 aromatic carbocycles. The molecule has 0 radical (unpaired) electrons. The number of rotatable bonds is 6. The van der Waals surface area contributed by atoms with E-state index in [0.717, 1.165) is 38.2 Å². The first-order chi connectivity index (χ1) is 13.4. The molecule has 1 aromatic heterocycles. The molecule has 1 aliphatic carbocycles. The van der Waals surface area contributed by atoms with Gasteiger partial charge in [0.15, 0.2) is 0 Å². The fourth-order valence-corrected chi connectivity index (χ4v) is 3.62. The van der Waals surface area contributed by atoms with Gasteiger partial charge in [0.2, 0.25) is 5.43 Å². The van der Waals surface area contributed by atoms with Crippen molar-refractivity contribution in [3.05, 3.63) is 39.9 Å². The van der Waals surface area contributed by atoms with Gasteiger partial charge in [-0.15, -0.1) is 0 Å². The summed E-state index contributed by atoms with van der Waals surface area (Å²) in [5, 5.41) is 12.3. The molecule has 2 aromatic rings. The van der Waals surface area contributed by atoms with Crippen molar-refractivity contribution in [2.75, 3.05) is 11.9 Å². The number of fused-ring (bicyclic) bond motifs is 1. The van der Waals surface area contributed by atoms with Crippen molar-refractivity contribution in [1.29, 1.82) is 0 Å². The Kier molecular flexibility index (Phi) is 5.96. The third-order valence-corrected chi connectivity index (χ3v) is 4.93. The molecule has 28 heavy (non-hydrogen) atoms. The smallest absolute Gasteiger partial charge is 0.343 e. The fraction of sp³-hybridized carbons (Fsp3) is 0.450. The molecule has 1 saturated carbocycles. The normalized spacial score (nSPS) is 14.8. The standard InChI is InChI=1S/C20H23FN2O5/c1-2-28-20(27)14-10-23(11-18(24)25)17-9-16(15(21)8-13(17)19(14)26)22-12-6-4-3-5-7-12/h8-10,12,22H,2-7,11H2,1H3,(H,24,25). The van der Waals surface area contributed by atoms with Gasteiger partial charge < -0.3 is 19.7 Å². The minimum absolute atomic E-state index is 0.0569. The summed E-state index contributed by atoms with van der Waals surface area (Å²) in [6, 6.07) is 2.64. The van der Waals surface area contributed by atoms with Gasteiger partial charge in [0, 0.05) is 17.6 Å². The summed E-state index contributed by atoms with van der Waals surface area (Å²) >= 11 is 0. The van der Waals surface area contributed by atoms with Crippen molar-refractivity contribution in [2.24, 2.45) is 0 Å². The van der Waals surface area contributed by atoms with Crippen LogP contribution in [0.2, 0.25) is 0 Å². The SMILES string of the molecule is CCOC(=O)c1cn(CC(=O)O)c2cc(NC3CCCCC3)c(F)cc2c1=O. The Labute approximate surface area is 161 Å². The van der Waals surface area contributed by atoms with Crippen LogP contribution in [0.3, 0.4) is 0 Å². The maximum atomic E-state index is 14.7. The number of aromatic nitrogens is 1. The highest BCUT2D eigenvalue weighted by atomic mass is 19.1. The van der Waals surface area contributed by atoms with Crippen LogP contribution in [0, 0.1) is 5.82 Å². The summed E-state index contributed by atoms with van der Waals surface area (Å²) in [6.45, 7) is 1.18. The van der Waals surface area contributed by atoms with E-state index >= 15 is 0 Å². The van der Waals surface area contributed by atoms with Gasteiger partial charge in [0.05, 0.1) is 17.8 Å².